The summed E-state index contributed by atoms with van der Waals surface area (Å²) >= 11 is 0. The summed E-state index contributed by atoms with van der Waals surface area (Å²) in [5, 5.41) is -1.50. The molecule has 0 radical (unpaired) electrons. The quantitative estimate of drug-likeness (QED) is 0.511. The third kappa shape index (κ3) is 4.98. The zero-order valence-corrected chi connectivity index (χ0v) is 20.3. The maximum Gasteiger partial charge on any atom is 0.247 e. The molecule has 1 unspecified atom stereocenters. The number of pyridine rings is 1. The molecular formula is C23H23FN4O5S2. The monoisotopic (exact) mass is 518 g/mol. The van der Waals surface area contributed by atoms with Crippen molar-refractivity contribution < 1.29 is 26.0 Å². The number of sulfone groups is 1. The number of hydrogen-bond acceptors (Lipinski definition) is 7. The van der Waals surface area contributed by atoms with Crippen molar-refractivity contribution in [3.05, 3.63) is 66.6 Å². The van der Waals surface area contributed by atoms with Crippen LogP contribution in [-0.4, -0.2) is 45.8 Å². The number of nitrogen functional groups attached to an aromatic ring is 1. The topological polar surface area (TPSA) is 140 Å². The highest BCUT2D eigenvalue weighted by Crippen LogP contribution is 2.36. The first-order chi connectivity index (χ1) is 16.5. The van der Waals surface area contributed by atoms with Gasteiger partial charge in [0.2, 0.25) is 15.9 Å². The molecule has 1 amide bonds. The molecule has 9 nitrogen and oxygen atoms in total. The van der Waals surface area contributed by atoms with E-state index in [9.17, 15) is 21.6 Å². The molecule has 0 bridgehead atoms. The van der Waals surface area contributed by atoms with E-state index >= 15 is 4.39 Å². The molecule has 4 rings (SSSR count). The van der Waals surface area contributed by atoms with Gasteiger partial charge in [-0.3, -0.25) is 9.52 Å². The number of piperidine rings is 1. The standard InChI is InChI=1S/C23H23FN4O5S2/c1-34(30,31)22-17(15-6-3-2-4-7-15)10-11-18(21(22)24)28-13-5-8-19(23(28)29)35(32,33)27-16-9-12-20(25)26-14-16/h2-4,6-7,9-12,14,19,27H,5,8,13H2,1H3,(H2,25,26). The molecule has 2 heterocycles. The Morgan fingerprint density at radius 1 is 1.06 bits per heavy atom. The van der Waals surface area contributed by atoms with Crippen molar-refractivity contribution >= 4 is 43.0 Å². The van der Waals surface area contributed by atoms with Crippen LogP contribution in [0.5, 0.6) is 0 Å². The first-order valence-corrected chi connectivity index (χ1v) is 14.1. The van der Waals surface area contributed by atoms with Gasteiger partial charge in [-0.05, 0) is 36.6 Å². The largest absolute Gasteiger partial charge is 0.384 e. The number of benzene rings is 2. The van der Waals surface area contributed by atoms with Crippen LogP contribution in [0.2, 0.25) is 0 Å². The molecule has 35 heavy (non-hydrogen) atoms. The summed E-state index contributed by atoms with van der Waals surface area (Å²) in [7, 11) is -8.24. The molecule has 0 saturated carbocycles. The van der Waals surface area contributed by atoms with E-state index in [0.717, 1.165) is 11.2 Å². The summed E-state index contributed by atoms with van der Waals surface area (Å²) in [6, 6.07) is 14.0. The van der Waals surface area contributed by atoms with Crippen LogP contribution in [-0.2, 0) is 24.7 Å². The number of nitrogens with one attached hydrogen (secondary N) is 1. The molecule has 3 aromatic rings. The predicted octanol–water partition coefficient (Wildman–Crippen LogP) is 2.81. The van der Waals surface area contributed by atoms with E-state index in [1.165, 1.54) is 30.5 Å². The first-order valence-electron chi connectivity index (χ1n) is 10.6. The molecule has 1 aliphatic heterocycles. The molecule has 1 aliphatic rings. The van der Waals surface area contributed by atoms with Crippen LogP contribution in [0.4, 0.5) is 21.6 Å². The number of rotatable bonds is 6. The highest BCUT2D eigenvalue weighted by atomic mass is 32.2. The fourth-order valence-electron chi connectivity index (χ4n) is 4.03. The predicted molar refractivity (Wildman–Crippen MR) is 132 cm³/mol. The fourth-order valence-corrected chi connectivity index (χ4v) is 6.51. The van der Waals surface area contributed by atoms with E-state index < -0.39 is 41.7 Å². The molecule has 0 aliphatic carbocycles. The summed E-state index contributed by atoms with van der Waals surface area (Å²) in [4.78, 5) is 17.5. The van der Waals surface area contributed by atoms with Crippen molar-refractivity contribution in [3.8, 4) is 11.1 Å². The van der Waals surface area contributed by atoms with Gasteiger partial charge in [0, 0.05) is 18.4 Å². The second-order valence-electron chi connectivity index (χ2n) is 8.15. The number of halogens is 1. The number of anilines is 3. The van der Waals surface area contributed by atoms with Crippen LogP contribution in [0, 0.1) is 5.82 Å². The SMILES string of the molecule is CS(=O)(=O)c1c(-c2ccccc2)ccc(N2CCCC(S(=O)(=O)Nc3ccc(N)nc3)C2=O)c1F. The van der Waals surface area contributed by atoms with Gasteiger partial charge in [-0.1, -0.05) is 36.4 Å². The lowest BCUT2D eigenvalue weighted by Gasteiger charge is -2.32. The van der Waals surface area contributed by atoms with Gasteiger partial charge in [0.25, 0.3) is 0 Å². The Labute approximate surface area is 202 Å². The highest BCUT2D eigenvalue weighted by Gasteiger charge is 2.40. The molecule has 2 aromatic carbocycles. The summed E-state index contributed by atoms with van der Waals surface area (Å²) in [5.41, 5.74) is 6.00. The summed E-state index contributed by atoms with van der Waals surface area (Å²) in [5.74, 6) is -1.75. The van der Waals surface area contributed by atoms with Crippen LogP contribution in [0.1, 0.15) is 12.8 Å². The highest BCUT2D eigenvalue weighted by molar-refractivity contribution is 7.94. The van der Waals surface area contributed by atoms with Crippen molar-refractivity contribution in [2.45, 2.75) is 23.0 Å². The van der Waals surface area contributed by atoms with Crippen LogP contribution in [0.3, 0.4) is 0 Å². The first kappa shape index (κ1) is 24.6. The molecule has 3 N–H and O–H groups in total. The number of carbonyl (C=O) groups is 1. The number of hydrogen-bond donors (Lipinski definition) is 2. The Hall–Kier alpha value is -3.51. The minimum absolute atomic E-state index is 0.0235. The number of sulfonamides is 1. The Balaban J connectivity index is 1.72. The number of carbonyl (C=O) groups excluding carboxylic acids is 1. The van der Waals surface area contributed by atoms with Gasteiger partial charge >= 0.3 is 0 Å². The zero-order valence-electron chi connectivity index (χ0n) is 18.7. The molecular weight excluding hydrogens is 495 g/mol. The molecule has 184 valence electrons. The van der Waals surface area contributed by atoms with Crippen molar-refractivity contribution in [3.63, 3.8) is 0 Å². The molecule has 12 heteroatoms. The molecule has 0 spiro atoms. The number of nitrogens with two attached hydrogens (primary N) is 1. The molecule has 1 saturated heterocycles. The van der Waals surface area contributed by atoms with Crippen LogP contribution in [0.25, 0.3) is 11.1 Å². The minimum Gasteiger partial charge on any atom is -0.384 e. The maximum absolute atomic E-state index is 15.7. The average molecular weight is 519 g/mol. The van der Waals surface area contributed by atoms with Gasteiger partial charge in [0.15, 0.2) is 20.9 Å². The lowest BCUT2D eigenvalue weighted by molar-refractivity contribution is -0.119. The van der Waals surface area contributed by atoms with Crippen molar-refractivity contribution in [2.24, 2.45) is 0 Å². The Morgan fingerprint density at radius 3 is 2.40 bits per heavy atom. The smallest absolute Gasteiger partial charge is 0.247 e. The third-order valence-electron chi connectivity index (χ3n) is 5.63. The van der Waals surface area contributed by atoms with Crippen LogP contribution < -0.4 is 15.4 Å². The van der Waals surface area contributed by atoms with Gasteiger partial charge in [-0.2, -0.15) is 0 Å². The summed E-state index contributed by atoms with van der Waals surface area (Å²) in [6.07, 6.45) is 2.40. The van der Waals surface area contributed by atoms with E-state index in [1.54, 1.807) is 30.3 Å². The van der Waals surface area contributed by atoms with Crippen LogP contribution >= 0.6 is 0 Å². The van der Waals surface area contributed by atoms with Gasteiger partial charge < -0.3 is 10.6 Å². The van der Waals surface area contributed by atoms with Gasteiger partial charge in [0.05, 0.1) is 17.6 Å². The maximum atomic E-state index is 15.7. The summed E-state index contributed by atoms with van der Waals surface area (Å²) in [6.45, 7) is 0.0408. The Bertz CT molecular complexity index is 1480. The normalized spacial score (nSPS) is 16.8. The van der Waals surface area contributed by atoms with E-state index in [0.29, 0.717) is 5.56 Å². The minimum atomic E-state index is -4.20. The van der Waals surface area contributed by atoms with E-state index in [4.69, 9.17) is 5.73 Å². The number of aromatic nitrogens is 1. The zero-order chi connectivity index (χ0) is 25.4. The molecule has 1 aromatic heterocycles. The third-order valence-corrected chi connectivity index (χ3v) is 8.48. The molecule has 1 fully saturated rings. The van der Waals surface area contributed by atoms with Crippen molar-refractivity contribution in [1.29, 1.82) is 0 Å². The van der Waals surface area contributed by atoms with Crippen molar-refractivity contribution in [2.75, 3.05) is 28.2 Å². The lowest BCUT2D eigenvalue weighted by atomic mass is 10.0. The second-order valence-corrected chi connectivity index (χ2v) is 12.0. The fraction of sp³-hybridized carbons (Fsp3) is 0.217. The second kappa shape index (κ2) is 9.27. The average Bonchev–Trinajstić information content (AvgIpc) is 2.80. The Kier molecular flexibility index (Phi) is 6.52. The van der Waals surface area contributed by atoms with E-state index in [2.05, 4.69) is 9.71 Å². The van der Waals surface area contributed by atoms with E-state index in [-0.39, 0.29) is 42.1 Å². The van der Waals surface area contributed by atoms with Gasteiger partial charge in [-0.25, -0.2) is 26.2 Å². The molecule has 1 atom stereocenters. The number of nitrogens with zero attached hydrogens (tertiary/aromatic N) is 2. The number of amides is 1. The van der Waals surface area contributed by atoms with Gasteiger partial charge in [0.1, 0.15) is 10.7 Å². The van der Waals surface area contributed by atoms with E-state index in [1.807, 2.05) is 0 Å². The van der Waals surface area contributed by atoms with Gasteiger partial charge in [-0.15, -0.1) is 0 Å². The Morgan fingerprint density at radius 2 is 1.77 bits per heavy atom. The van der Waals surface area contributed by atoms with Crippen LogP contribution in [0.15, 0.2) is 65.7 Å². The lowest BCUT2D eigenvalue weighted by Crippen LogP contribution is -2.49. The summed E-state index contributed by atoms with van der Waals surface area (Å²) < 4.78 is 69.1. The van der Waals surface area contributed by atoms with Crippen molar-refractivity contribution in [1.82, 2.24) is 4.98 Å².